The van der Waals surface area contributed by atoms with Gasteiger partial charge in [0.05, 0.1) is 11.4 Å². The van der Waals surface area contributed by atoms with Crippen molar-refractivity contribution in [2.75, 3.05) is 6.54 Å². The van der Waals surface area contributed by atoms with Crippen LogP contribution >= 0.6 is 11.3 Å². The molecule has 2 aromatic rings. The molecule has 0 saturated heterocycles. The molecular weight excluding hydrogens is 300 g/mol. The second-order valence-corrected chi connectivity index (χ2v) is 6.84. The summed E-state index contributed by atoms with van der Waals surface area (Å²) in [5.74, 6) is 0.300. The fraction of sp³-hybridized carbons (Fsp3) is 0.500. The van der Waals surface area contributed by atoms with E-state index in [4.69, 9.17) is 0 Å². The number of nitrogens with zero attached hydrogens (tertiary/aromatic N) is 3. The maximum absolute atomic E-state index is 12.1. The van der Waals surface area contributed by atoms with Crippen molar-refractivity contribution in [3.63, 3.8) is 0 Å². The van der Waals surface area contributed by atoms with E-state index in [1.807, 2.05) is 0 Å². The summed E-state index contributed by atoms with van der Waals surface area (Å²) < 4.78 is 26.6. The zero-order chi connectivity index (χ0) is 14.4. The Morgan fingerprint density at radius 1 is 1.40 bits per heavy atom. The Balaban J connectivity index is 1.95. The first-order valence-electron chi connectivity index (χ1n) is 6.12. The highest BCUT2D eigenvalue weighted by atomic mass is 32.2. The van der Waals surface area contributed by atoms with Crippen molar-refractivity contribution < 1.29 is 8.42 Å². The third kappa shape index (κ3) is 4.07. The number of H-pyrrole nitrogens is 1. The molecule has 0 aromatic carbocycles. The lowest BCUT2D eigenvalue weighted by molar-refractivity contribution is 0.579. The topological polar surface area (TPSA) is 113 Å². The van der Waals surface area contributed by atoms with E-state index >= 15 is 0 Å². The molecule has 8 nitrogen and oxygen atoms in total. The number of aromatic amines is 1. The third-order valence-electron chi connectivity index (χ3n) is 2.48. The second kappa shape index (κ2) is 6.88. The van der Waals surface area contributed by atoms with Crippen molar-refractivity contribution in [2.45, 2.75) is 31.3 Å². The Bertz CT molecular complexity index is 622. The van der Waals surface area contributed by atoms with Crippen LogP contribution in [0.1, 0.15) is 24.0 Å². The minimum Gasteiger partial charge on any atom is -0.312 e. The monoisotopic (exact) mass is 316 g/mol. The summed E-state index contributed by atoms with van der Waals surface area (Å²) >= 11 is 1.42. The van der Waals surface area contributed by atoms with Gasteiger partial charge >= 0.3 is 0 Å². The SMILES string of the molecule is CCCNCc1cc(S(=O)(=O)NCc2nn[nH]n2)cs1. The van der Waals surface area contributed by atoms with Gasteiger partial charge in [0.15, 0.2) is 5.82 Å². The number of nitrogens with one attached hydrogen (secondary N) is 3. The number of hydrogen-bond donors (Lipinski definition) is 3. The predicted octanol–water partition coefficient (Wildman–Crippen LogP) is 0.239. The van der Waals surface area contributed by atoms with Gasteiger partial charge in [0.25, 0.3) is 0 Å². The molecule has 0 saturated carbocycles. The number of tetrazole rings is 1. The van der Waals surface area contributed by atoms with E-state index in [9.17, 15) is 8.42 Å². The molecule has 3 N–H and O–H groups in total. The van der Waals surface area contributed by atoms with Crippen LogP contribution in [-0.2, 0) is 23.1 Å². The van der Waals surface area contributed by atoms with Crippen LogP contribution in [0.4, 0.5) is 0 Å². The Morgan fingerprint density at radius 2 is 2.25 bits per heavy atom. The average Bonchev–Trinajstić information content (AvgIpc) is 3.08. The minimum absolute atomic E-state index is 0.0120. The van der Waals surface area contributed by atoms with Crippen LogP contribution in [0.3, 0.4) is 0 Å². The van der Waals surface area contributed by atoms with Crippen molar-refractivity contribution in [3.8, 4) is 0 Å². The van der Waals surface area contributed by atoms with Gasteiger partial charge in [-0.2, -0.15) is 5.21 Å². The Hall–Kier alpha value is -1.36. The van der Waals surface area contributed by atoms with Crippen molar-refractivity contribution in [1.82, 2.24) is 30.7 Å². The molecule has 0 radical (unpaired) electrons. The summed E-state index contributed by atoms with van der Waals surface area (Å²) in [4.78, 5) is 1.25. The Kier molecular flexibility index (Phi) is 5.17. The fourth-order valence-electron chi connectivity index (χ4n) is 1.48. The molecule has 0 atom stereocenters. The lowest BCUT2D eigenvalue weighted by Gasteiger charge is -2.02. The van der Waals surface area contributed by atoms with Gasteiger partial charge in [-0.3, -0.25) is 0 Å². The van der Waals surface area contributed by atoms with E-state index in [0.717, 1.165) is 17.8 Å². The number of rotatable bonds is 8. The first-order valence-corrected chi connectivity index (χ1v) is 8.48. The zero-order valence-electron chi connectivity index (χ0n) is 11.0. The van der Waals surface area contributed by atoms with Crippen LogP contribution in [-0.4, -0.2) is 35.6 Å². The van der Waals surface area contributed by atoms with Crippen molar-refractivity contribution >= 4 is 21.4 Å². The van der Waals surface area contributed by atoms with E-state index in [1.54, 1.807) is 11.4 Å². The molecule has 20 heavy (non-hydrogen) atoms. The molecule has 2 heterocycles. The minimum atomic E-state index is -3.54. The third-order valence-corrected chi connectivity index (χ3v) is 4.94. The van der Waals surface area contributed by atoms with Crippen LogP contribution in [0, 0.1) is 0 Å². The highest BCUT2D eigenvalue weighted by Gasteiger charge is 2.16. The molecule has 0 aliphatic rings. The molecule has 0 aliphatic heterocycles. The highest BCUT2D eigenvalue weighted by Crippen LogP contribution is 2.19. The molecule has 2 rings (SSSR count). The summed E-state index contributed by atoms with van der Waals surface area (Å²) in [6.45, 7) is 3.69. The maximum Gasteiger partial charge on any atom is 0.241 e. The van der Waals surface area contributed by atoms with Gasteiger partial charge in [-0.15, -0.1) is 21.5 Å². The van der Waals surface area contributed by atoms with Crippen LogP contribution in [0.2, 0.25) is 0 Å². The standard InChI is InChI=1S/C10H16N6O2S2/c1-2-3-11-5-8-4-9(7-19-8)20(17,18)12-6-10-13-15-16-14-10/h4,7,11-12H,2-3,5-6H2,1H3,(H,13,14,15,16). The Labute approximate surface area is 121 Å². The normalized spacial score (nSPS) is 11.8. The summed E-state index contributed by atoms with van der Waals surface area (Å²) in [6, 6.07) is 1.67. The second-order valence-electron chi connectivity index (χ2n) is 4.08. The summed E-state index contributed by atoms with van der Waals surface area (Å²) in [7, 11) is -3.54. The first-order chi connectivity index (χ1) is 9.62. The lowest BCUT2D eigenvalue weighted by atomic mass is 10.4. The smallest absolute Gasteiger partial charge is 0.241 e. The number of sulfonamides is 1. The molecular formula is C10H16N6O2S2. The van der Waals surface area contributed by atoms with Crippen molar-refractivity contribution in [1.29, 1.82) is 0 Å². The molecule has 0 aliphatic carbocycles. The van der Waals surface area contributed by atoms with Crippen LogP contribution in [0.5, 0.6) is 0 Å². The maximum atomic E-state index is 12.1. The molecule has 110 valence electrons. The number of thiophene rings is 1. The summed E-state index contributed by atoms with van der Waals surface area (Å²) in [5, 5.41) is 17.9. The largest absolute Gasteiger partial charge is 0.312 e. The number of hydrogen-bond acceptors (Lipinski definition) is 7. The van der Waals surface area contributed by atoms with Gasteiger partial charge in [-0.05, 0) is 19.0 Å². The van der Waals surface area contributed by atoms with Gasteiger partial charge in [0.1, 0.15) is 0 Å². The van der Waals surface area contributed by atoms with E-state index in [2.05, 4.69) is 37.6 Å². The molecule has 0 unspecified atom stereocenters. The van der Waals surface area contributed by atoms with E-state index in [-0.39, 0.29) is 11.4 Å². The molecule has 0 amide bonds. The van der Waals surface area contributed by atoms with Gasteiger partial charge in [-0.25, -0.2) is 13.1 Å². The summed E-state index contributed by atoms with van der Waals surface area (Å²) in [6.07, 6.45) is 1.04. The summed E-state index contributed by atoms with van der Waals surface area (Å²) in [5.41, 5.74) is 0. The van der Waals surface area contributed by atoms with Gasteiger partial charge in [0, 0.05) is 16.8 Å². The van der Waals surface area contributed by atoms with Crippen LogP contribution in [0.15, 0.2) is 16.3 Å². The van der Waals surface area contributed by atoms with Crippen molar-refractivity contribution in [3.05, 3.63) is 22.1 Å². The molecule has 0 bridgehead atoms. The van der Waals surface area contributed by atoms with E-state index < -0.39 is 10.0 Å². The average molecular weight is 316 g/mol. The molecule has 2 aromatic heterocycles. The van der Waals surface area contributed by atoms with Gasteiger partial charge in [0.2, 0.25) is 10.0 Å². The predicted molar refractivity (Wildman–Crippen MR) is 74.5 cm³/mol. The van der Waals surface area contributed by atoms with E-state index in [1.165, 1.54) is 11.3 Å². The fourth-order valence-corrected chi connectivity index (χ4v) is 3.71. The molecule has 0 spiro atoms. The zero-order valence-corrected chi connectivity index (χ0v) is 12.6. The van der Waals surface area contributed by atoms with Crippen LogP contribution in [0.25, 0.3) is 0 Å². The van der Waals surface area contributed by atoms with Crippen LogP contribution < -0.4 is 10.0 Å². The van der Waals surface area contributed by atoms with E-state index in [0.29, 0.717) is 12.4 Å². The highest BCUT2D eigenvalue weighted by molar-refractivity contribution is 7.89. The Morgan fingerprint density at radius 3 is 2.95 bits per heavy atom. The quantitative estimate of drug-likeness (QED) is 0.601. The molecule has 10 heteroatoms. The molecule has 0 fully saturated rings. The van der Waals surface area contributed by atoms with Gasteiger partial charge in [-0.1, -0.05) is 12.1 Å². The first kappa shape index (κ1) is 15.0. The lowest BCUT2D eigenvalue weighted by Crippen LogP contribution is -2.23. The van der Waals surface area contributed by atoms with Crippen molar-refractivity contribution in [2.24, 2.45) is 0 Å². The number of aromatic nitrogens is 4. The van der Waals surface area contributed by atoms with Gasteiger partial charge < -0.3 is 5.32 Å².